The third kappa shape index (κ3) is 4.51. The Kier molecular flexibility index (Phi) is 6.01. The minimum absolute atomic E-state index is 0.147. The summed E-state index contributed by atoms with van der Waals surface area (Å²) in [5.41, 5.74) is 5.12. The van der Waals surface area contributed by atoms with Crippen LogP contribution in [0.1, 0.15) is 49.2 Å². The Bertz CT molecular complexity index is 1330. The summed E-state index contributed by atoms with van der Waals surface area (Å²) in [6.07, 6.45) is 0.805. The fourth-order valence-electron chi connectivity index (χ4n) is 4.88. The van der Waals surface area contributed by atoms with Crippen molar-refractivity contribution in [2.45, 2.75) is 39.8 Å². The largest absolute Gasteiger partial charge is 0.497 e. The molecule has 1 N–H and O–H groups in total. The summed E-state index contributed by atoms with van der Waals surface area (Å²) in [7, 11) is 1.69. The van der Waals surface area contributed by atoms with Crippen LogP contribution in [0, 0.1) is 5.41 Å². The lowest BCUT2D eigenvalue weighted by Crippen LogP contribution is -2.45. The summed E-state index contributed by atoms with van der Waals surface area (Å²) in [5.74, 6) is 1.79. The average Bonchev–Trinajstić information content (AvgIpc) is 3.24. The number of hydrogen-bond donors (Lipinski definition) is 1. The normalized spacial score (nSPS) is 15.7. The molecular weight excluding hydrogens is 436 g/mol. The van der Waals surface area contributed by atoms with Gasteiger partial charge in [0.05, 0.1) is 13.2 Å². The predicted octanol–water partition coefficient (Wildman–Crippen LogP) is 6.28. The van der Waals surface area contributed by atoms with Crippen LogP contribution >= 0.6 is 0 Å². The van der Waals surface area contributed by atoms with Gasteiger partial charge in [-0.2, -0.15) is 0 Å². The highest BCUT2D eigenvalue weighted by Gasteiger charge is 2.38. The molecule has 0 aliphatic carbocycles. The molecular formula is C30H32N2O3. The molecule has 0 unspecified atom stereocenters. The van der Waals surface area contributed by atoms with Crippen LogP contribution in [0.2, 0.25) is 0 Å². The van der Waals surface area contributed by atoms with Crippen LogP contribution in [0.5, 0.6) is 11.5 Å². The van der Waals surface area contributed by atoms with E-state index in [1.807, 2.05) is 62.1 Å². The molecule has 5 nitrogen and oxygen atoms in total. The van der Waals surface area contributed by atoms with E-state index in [1.54, 1.807) is 7.11 Å². The minimum Gasteiger partial charge on any atom is -0.497 e. The van der Waals surface area contributed by atoms with Crippen molar-refractivity contribution < 1.29 is 14.3 Å². The van der Waals surface area contributed by atoms with Gasteiger partial charge in [-0.25, -0.2) is 0 Å². The summed E-state index contributed by atoms with van der Waals surface area (Å²) >= 11 is 0. The molecule has 2 heterocycles. The number of benzene rings is 3. The first kappa shape index (κ1) is 23.0. The molecule has 5 rings (SSSR count). The van der Waals surface area contributed by atoms with E-state index >= 15 is 0 Å². The van der Waals surface area contributed by atoms with Crippen LogP contribution in [0.25, 0.3) is 10.9 Å². The van der Waals surface area contributed by atoms with Crippen LogP contribution in [-0.2, 0) is 17.8 Å². The molecule has 0 radical (unpaired) electrons. The summed E-state index contributed by atoms with van der Waals surface area (Å²) in [6.45, 7) is 7.14. The molecule has 0 spiro atoms. The Labute approximate surface area is 206 Å². The number of fused-ring (bicyclic) bond motifs is 3. The Morgan fingerprint density at radius 2 is 1.71 bits per heavy atom. The molecule has 0 saturated carbocycles. The third-order valence-corrected chi connectivity index (χ3v) is 6.68. The van der Waals surface area contributed by atoms with Crippen LogP contribution in [0.3, 0.4) is 0 Å². The number of nitrogens with zero attached hydrogens (tertiary/aromatic N) is 1. The van der Waals surface area contributed by atoms with Gasteiger partial charge < -0.3 is 19.4 Å². The Morgan fingerprint density at radius 3 is 2.40 bits per heavy atom. The van der Waals surface area contributed by atoms with Gasteiger partial charge in [0.1, 0.15) is 18.1 Å². The molecule has 180 valence electrons. The molecule has 1 aliphatic heterocycles. The van der Waals surface area contributed by atoms with Gasteiger partial charge in [-0.3, -0.25) is 4.79 Å². The number of hydrogen-bond acceptors (Lipinski definition) is 3. The van der Waals surface area contributed by atoms with Crippen LogP contribution in [0.15, 0.2) is 72.8 Å². The fourth-order valence-corrected chi connectivity index (χ4v) is 4.88. The van der Waals surface area contributed by atoms with Crippen LogP contribution in [0.4, 0.5) is 0 Å². The lowest BCUT2D eigenvalue weighted by Gasteiger charge is -2.39. The van der Waals surface area contributed by atoms with Crippen LogP contribution in [-0.4, -0.2) is 29.4 Å². The molecule has 3 aromatic carbocycles. The molecule has 4 aromatic rings. The highest BCUT2D eigenvalue weighted by atomic mass is 16.5. The number of amides is 1. The molecule has 1 amide bonds. The molecule has 1 atom stereocenters. The standard InChI is InChI=1S/C30H32N2O3/c1-30(2,3)29(33)32-17-16-24-25-18-23(34-4)14-15-26(25)31-27(24)28(32)21-10-12-22(13-11-21)35-19-20-8-6-5-7-9-20/h5-15,18,28,31H,16-17,19H2,1-4H3/t28-/m1/s1. The first-order chi connectivity index (χ1) is 16.8. The van der Waals surface area contributed by atoms with Gasteiger partial charge in [0.15, 0.2) is 0 Å². The summed E-state index contributed by atoms with van der Waals surface area (Å²) in [5, 5.41) is 1.16. The van der Waals surface area contributed by atoms with E-state index in [2.05, 4.69) is 41.4 Å². The summed E-state index contributed by atoms with van der Waals surface area (Å²) < 4.78 is 11.5. The van der Waals surface area contributed by atoms with E-state index in [0.717, 1.165) is 45.6 Å². The van der Waals surface area contributed by atoms with E-state index in [9.17, 15) is 4.79 Å². The number of H-pyrrole nitrogens is 1. The van der Waals surface area contributed by atoms with Gasteiger partial charge in [-0.05, 0) is 53.4 Å². The number of methoxy groups -OCH3 is 1. The van der Waals surface area contributed by atoms with Gasteiger partial charge in [0.2, 0.25) is 5.91 Å². The monoisotopic (exact) mass is 468 g/mol. The lowest BCUT2D eigenvalue weighted by atomic mass is 9.88. The van der Waals surface area contributed by atoms with Gasteiger partial charge in [-0.1, -0.05) is 63.2 Å². The zero-order valence-electron chi connectivity index (χ0n) is 20.8. The Morgan fingerprint density at radius 1 is 1.00 bits per heavy atom. The summed E-state index contributed by atoms with van der Waals surface area (Å²) in [6, 6.07) is 24.2. The van der Waals surface area contributed by atoms with Gasteiger partial charge in [-0.15, -0.1) is 0 Å². The molecule has 0 fully saturated rings. The zero-order chi connectivity index (χ0) is 24.6. The van der Waals surface area contributed by atoms with E-state index in [-0.39, 0.29) is 11.9 Å². The second-order valence-electron chi connectivity index (χ2n) is 10.2. The molecule has 35 heavy (non-hydrogen) atoms. The zero-order valence-corrected chi connectivity index (χ0v) is 20.8. The van der Waals surface area contributed by atoms with Crippen molar-refractivity contribution >= 4 is 16.8 Å². The number of aromatic nitrogens is 1. The first-order valence-electron chi connectivity index (χ1n) is 12.1. The van der Waals surface area contributed by atoms with Crippen molar-refractivity contribution in [3.05, 3.63) is 95.2 Å². The topological polar surface area (TPSA) is 54.6 Å². The van der Waals surface area contributed by atoms with Crippen molar-refractivity contribution in [1.82, 2.24) is 9.88 Å². The molecule has 1 aromatic heterocycles. The maximum absolute atomic E-state index is 13.5. The number of rotatable bonds is 5. The fraction of sp³-hybridized carbons (Fsp3) is 0.300. The van der Waals surface area contributed by atoms with Gasteiger partial charge in [0, 0.05) is 28.6 Å². The Hall–Kier alpha value is -3.73. The van der Waals surface area contributed by atoms with Gasteiger partial charge in [0.25, 0.3) is 0 Å². The maximum Gasteiger partial charge on any atom is 0.228 e. The van der Waals surface area contributed by atoms with Crippen molar-refractivity contribution in [3.8, 4) is 11.5 Å². The number of carbonyl (C=O) groups excluding carboxylic acids is 1. The minimum atomic E-state index is -0.469. The SMILES string of the molecule is COc1ccc2[nH]c3c(c2c1)CCN(C(=O)C(C)(C)C)[C@@H]3c1ccc(OCc2ccccc2)cc1. The highest BCUT2D eigenvalue weighted by molar-refractivity contribution is 5.88. The second kappa shape index (κ2) is 9.14. The first-order valence-corrected chi connectivity index (χ1v) is 12.1. The van der Waals surface area contributed by atoms with Crippen LogP contribution < -0.4 is 9.47 Å². The second-order valence-corrected chi connectivity index (χ2v) is 10.2. The van der Waals surface area contributed by atoms with E-state index in [0.29, 0.717) is 13.2 Å². The molecule has 0 bridgehead atoms. The number of carbonyl (C=O) groups is 1. The molecule has 5 heteroatoms. The predicted molar refractivity (Wildman–Crippen MR) is 139 cm³/mol. The smallest absolute Gasteiger partial charge is 0.228 e. The van der Waals surface area contributed by atoms with E-state index in [4.69, 9.17) is 9.47 Å². The molecule has 0 saturated heterocycles. The lowest BCUT2D eigenvalue weighted by molar-refractivity contribution is -0.141. The Balaban J connectivity index is 1.51. The maximum atomic E-state index is 13.5. The van der Waals surface area contributed by atoms with E-state index in [1.165, 1.54) is 5.56 Å². The highest BCUT2D eigenvalue weighted by Crippen LogP contribution is 2.41. The average molecular weight is 469 g/mol. The quantitative estimate of drug-likeness (QED) is 0.375. The van der Waals surface area contributed by atoms with Crippen molar-refractivity contribution in [1.29, 1.82) is 0 Å². The number of aromatic amines is 1. The van der Waals surface area contributed by atoms with Gasteiger partial charge >= 0.3 is 0 Å². The third-order valence-electron chi connectivity index (χ3n) is 6.68. The van der Waals surface area contributed by atoms with E-state index < -0.39 is 5.41 Å². The number of ether oxygens (including phenoxy) is 2. The number of nitrogens with one attached hydrogen (secondary N) is 1. The molecule has 1 aliphatic rings. The van der Waals surface area contributed by atoms with Crippen molar-refractivity contribution in [3.63, 3.8) is 0 Å². The summed E-state index contributed by atoms with van der Waals surface area (Å²) in [4.78, 5) is 19.2. The van der Waals surface area contributed by atoms with Crippen molar-refractivity contribution in [2.75, 3.05) is 13.7 Å². The van der Waals surface area contributed by atoms with Crippen molar-refractivity contribution in [2.24, 2.45) is 5.41 Å².